The van der Waals surface area contributed by atoms with Gasteiger partial charge in [-0.2, -0.15) is 9.78 Å². The smallest absolute Gasteiger partial charge is 0.276 e. The van der Waals surface area contributed by atoms with Crippen LogP contribution >= 0.6 is 0 Å². The van der Waals surface area contributed by atoms with Crippen molar-refractivity contribution in [2.75, 3.05) is 10.6 Å². The lowest BCUT2D eigenvalue weighted by Gasteiger charge is -2.10. The zero-order valence-electron chi connectivity index (χ0n) is 16.3. The predicted molar refractivity (Wildman–Crippen MR) is 112 cm³/mol. The number of nitrogens with zero attached hydrogens (tertiary/aromatic N) is 2. The van der Waals surface area contributed by atoms with Crippen LogP contribution in [0.2, 0.25) is 0 Å². The SMILES string of the molecule is CC(C)CC(=O)Nc1ccc(NC(=O)c2ccc(=O)n(-c3ccccc3)n2)cc1. The van der Waals surface area contributed by atoms with Gasteiger partial charge in [0.2, 0.25) is 5.91 Å². The number of carbonyl (C=O) groups excluding carboxylic acids is 2. The van der Waals surface area contributed by atoms with Gasteiger partial charge >= 0.3 is 0 Å². The Morgan fingerprint density at radius 3 is 2.14 bits per heavy atom. The summed E-state index contributed by atoms with van der Waals surface area (Å²) in [5.74, 6) is -0.212. The Hall–Kier alpha value is -3.74. The standard InChI is InChI=1S/C22H22N4O3/c1-15(2)14-20(27)23-16-8-10-17(11-9-16)24-22(29)19-12-13-21(28)26(25-19)18-6-4-3-5-7-18/h3-13,15H,14H2,1-2H3,(H,23,27)(H,24,29). The highest BCUT2D eigenvalue weighted by molar-refractivity contribution is 6.03. The van der Waals surface area contributed by atoms with Crippen LogP contribution in [0.1, 0.15) is 30.8 Å². The van der Waals surface area contributed by atoms with Crippen molar-refractivity contribution >= 4 is 23.2 Å². The van der Waals surface area contributed by atoms with E-state index < -0.39 is 5.91 Å². The summed E-state index contributed by atoms with van der Waals surface area (Å²) in [6, 6.07) is 18.4. The molecule has 0 fully saturated rings. The highest BCUT2D eigenvalue weighted by Crippen LogP contribution is 2.15. The number of rotatable bonds is 6. The van der Waals surface area contributed by atoms with Crippen molar-refractivity contribution in [1.82, 2.24) is 9.78 Å². The molecule has 2 N–H and O–H groups in total. The largest absolute Gasteiger partial charge is 0.326 e. The van der Waals surface area contributed by atoms with Gasteiger partial charge in [-0.3, -0.25) is 14.4 Å². The zero-order chi connectivity index (χ0) is 20.8. The summed E-state index contributed by atoms with van der Waals surface area (Å²) in [5.41, 5.74) is 1.58. The van der Waals surface area contributed by atoms with Gasteiger partial charge in [0.15, 0.2) is 0 Å². The topological polar surface area (TPSA) is 93.1 Å². The number of anilines is 2. The van der Waals surface area contributed by atoms with Gasteiger partial charge in [0.1, 0.15) is 5.69 Å². The van der Waals surface area contributed by atoms with E-state index in [-0.39, 0.29) is 23.1 Å². The molecule has 1 aromatic heterocycles. The van der Waals surface area contributed by atoms with E-state index in [0.717, 1.165) is 0 Å². The third-order valence-electron chi connectivity index (χ3n) is 4.05. The van der Waals surface area contributed by atoms with Gasteiger partial charge in [0, 0.05) is 23.9 Å². The van der Waals surface area contributed by atoms with Gasteiger partial charge in [-0.05, 0) is 48.4 Å². The van der Waals surface area contributed by atoms with Crippen molar-refractivity contribution in [2.45, 2.75) is 20.3 Å². The summed E-state index contributed by atoms with van der Waals surface area (Å²) in [7, 11) is 0. The normalized spacial score (nSPS) is 10.6. The summed E-state index contributed by atoms with van der Waals surface area (Å²) >= 11 is 0. The Labute approximate surface area is 168 Å². The molecule has 3 aromatic rings. The number of carbonyl (C=O) groups is 2. The zero-order valence-corrected chi connectivity index (χ0v) is 16.3. The fourth-order valence-corrected chi connectivity index (χ4v) is 2.70. The van der Waals surface area contributed by atoms with Crippen LogP contribution < -0.4 is 16.2 Å². The minimum Gasteiger partial charge on any atom is -0.326 e. The molecular weight excluding hydrogens is 368 g/mol. The molecule has 2 aromatic carbocycles. The van der Waals surface area contributed by atoms with Crippen molar-refractivity contribution in [3.8, 4) is 5.69 Å². The molecule has 148 valence electrons. The fraction of sp³-hybridized carbons (Fsp3) is 0.182. The first-order valence-corrected chi connectivity index (χ1v) is 9.29. The molecule has 1 heterocycles. The highest BCUT2D eigenvalue weighted by Gasteiger charge is 2.11. The van der Waals surface area contributed by atoms with Crippen LogP contribution in [0.5, 0.6) is 0 Å². The van der Waals surface area contributed by atoms with E-state index in [2.05, 4.69) is 15.7 Å². The molecule has 0 spiro atoms. The molecule has 0 atom stereocenters. The van der Waals surface area contributed by atoms with Crippen LogP contribution in [0.4, 0.5) is 11.4 Å². The van der Waals surface area contributed by atoms with Crippen molar-refractivity contribution in [1.29, 1.82) is 0 Å². The Bertz CT molecular complexity index is 1060. The number of nitrogens with one attached hydrogen (secondary N) is 2. The lowest BCUT2D eigenvalue weighted by Crippen LogP contribution is -2.24. The first-order valence-electron chi connectivity index (χ1n) is 9.29. The molecule has 0 radical (unpaired) electrons. The van der Waals surface area contributed by atoms with Crippen molar-refractivity contribution in [3.05, 3.63) is 82.8 Å². The summed E-state index contributed by atoms with van der Waals surface area (Å²) in [6.07, 6.45) is 0.446. The fourth-order valence-electron chi connectivity index (χ4n) is 2.70. The molecule has 7 nitrogen and oxygen atoms in total. The third-order valence-corrected chi connectivity index (χ3v) is 4.05. The second kappa shape index (κ2) is 8.97. The molecule has 3 rings (SSSR count). The number of para-hydroxylation sites is 1. The maximum absolute atomic E-state index is 12.5. The van der Waals surface area contributed by atoms with Crippen LogP contribution in [0.25, 0.3) is 5.69 Å². The molecule has 0 bridgehead atoms. The molecule has 7 heteroatoms. The Morgan fingerprint density at radius 1 is 0.897 bits per heavy atom. The lowest BCUT2D eigenvalue weighted by atomic mass is 10.1. The maximum atomic E-state index is 12.5. The third kappa shape index (κ3) is 5.38. The van der Waals surface area contributed by atoms with Gasteiger partial charge in [0.05, 0.1) is 5.69 Å². The van der Waals surface area contributed by atoms with E-state index in [1.807, 2.05) is 19.9 Å². The average Bonchev–Trinajstić information content (AvgIpc) is 2.70. The van der Waals surface area contributed by atoms with E-state index in [1.165, 1.54) is 16.8 Å². The molecule has 0 unspecified atom stereocenters. The second-order valence-electron chi connectivity index (χ2n) is 6.98. The van der Waals surface area contributed by atoms with Crippen molar-refractivity contribution < 1.29 is 9.59 Å². The monoisotopic (exact) mass is 390 g/mol. The van der Waals surface area contributed by atoms with Crippen LogP contribution in [0, 0.1) is 5.92 Å². The van der Waals surface area contributed by atoms with E-state index in [9.17, 15) is 14.4 Å². The number of hydrogen-bond acceptors (Lipinski definition) is 4. The molecule has 0 aliphatic heterocycles. The lowest BCUT2D eigenvalue weighted by molar-refractivity contribution is -0.116. The van der Waals surface area contributed by atoms with Crippen LogP contribution in [-0.4, -0.2) is 21.6 Å². The summed E-state index contributed by atoms with van der Waals surface area (Å²) in [5, 5.41) is 9.71. The Kier molecular flexibility index (Phi) is 6.19. The molecule has 0 aliphatic carbocycles. The van der Waals surface area contributed by atoms with Gasteiger partial charge in [-0.25, -0.2) is 0 Å². The Balaban J connectivity index is 1.71. The van der Waals surface area contributed by atoms with Gasteiger partial charge < -0.3 is 10.6 Å². The van der Waals surface area contributed by atoms with E-state index in [1.54, 1.807) is 48.5 Å². The second-order valence-corrected chi connectivity index (χ2v) is 6.98. The average molecular weight is 390 g/mol. The summed E-state index contributed by atoms with van der Waals surface area (Å²) in [6.45, 7) is 3.96. The van der Waals surface area contributed by atoms with Crippen molar-refractivity contribution in [3.63, 3.8) is 0 Å². The molecule has 0 saturated carbocycles. The highest BCUT2D eigenvalue weighted by atomic mass is 16.2. The summed E-state index contributed by atoms with van der Waals surface area (Å²) in [4.78, 5) is 36.4. The number of aromatic nitrogens is 2. The number of amides is 2. The van der Waals surface area contributed by atoms with E-state index in [0.29, 0.717) is 23.5 Å². The van der Waals surface area contributed by atoms with E-state index >= 15 is 0 Å². The Morgan fingerprint density at radius 2 is 1.52 bits per heavy atom. The van der Waals surface area contributed by atoms with Crippen LogP contribution in [0.15, 0.2) is 71.5 Å². The van der Waals surface area contributed by atoms with Crippen molar-refractivity contribution in [2.24, 2.45) is 5.92 Å². The van der Waals surface area contributed by atoms with Gasteiger partial charge in [-0.1, -0.05) is 32.0 Å². The molecular formula is C22H22N4O3. The molecule has 2 amide bonds. The number of hydrogen-bond donors (Lipinski definition) is 2. The van der Waals surface area contributed by atoms with Crippen LogP contribution in [-0.2, 0) is 4.79 Å². The molecule has 29 heavy (non-hydrogen) atoms. The first kappa shape index (κ1) is 20.0. The molecule has 0 saturated heterocycles. The van der Waals surface area contributed by atoms with E-state index in [4.69, 9.17) is 0 Å². The molecule has 0 aliphatic rings. The summed E-state index contributed by atoms with van der Waals surface area (Å²) < 4.78 is 1.18. The quantitative estimate of drug-likeness (QED) is 0.674. The number of benzene rings is 2. The van der Waals surface area contributed by atoms with Crippen LogP contribution in [0.3, 0.4) is 0 Å². The first-order chi connectivity index (χ1) is 13.9. The minimum absolute atomic E-state index is 0.0517. The predicted octanol–water partition coefficient (Wildman–Crippen LogP) is 3.47. The van der Waals surface area contributed by atoms with Gasteiger partial charge in [0.25, 0.3) is 11.5 Å². The maximum Gasteiger partial charge on any atom is 0.276 e. The van der Waals surface area contributed by atoms with Gasteiger partial charge in [-0.15, -0.1) is 0 Å². The minimum atomic E-state index is -0.439.